The molecule has 2 aromatic carbocycles. The van der Waals surface area contributed by atoms with Gasteiger partial charge in [0, 0.05) is 18.2 Å². The molecule has 0 saturated carbocycles. The number of anilines is 2. The van der Waals surface area contributed by atoms with Crippen molar-refractivity contribution in [2.45, 2.75) is 40.3 Å². The zero-order valence-corrected chi connectivity index (χ0v) is 15.2. The van der Waals surface area contributed by atoms with E-state index >= 15 is 0 Å². The fourth-order valence-electron chi connectivity index (χ4n) is 2.27. The fourth-order valence-corrected chi connectivity index (χ4v) is 2.27. The zero-order chi connectivity index (χ0) is 18.8. The van der Waals surface area contributed by atoms with Crippen molar-refractivity contribution in [2.75, 3.05) is 17.7 Å². The van der Waals surface area contributed by atoms with Gasteiger partial charge in [0.1, 0.15) is 17.1 Å². The largest absolute Gasteiger partial charge is 0.496 e. The Morgan fingerprint density at radius 3 is 2.40 bits per heavy atom. The van der Waals surface area contributed by atoms with Crippen molar-refractivity contribution in [3.8, 4) is 11.8 Å². The average molecular weight is 341 g/mol. The molecule has 6 heteroatoms. The normalized spacial score (nSPS) is 12.5. The molecule has 0 aliphatic rings. The van der Waals surface area contributed by atoms with E-state index in [-0.39, 0.29) is 11.5 Å². The third-order valence-corrected chi connectivity index (χ3v) is 4.44. The van der Waals surface area contributed by atoms with Crippen LogP contribution in [0.15, 0.2) is 27.8 Å². The van der Waals surface area contributed by atoms with Gasteiger partial charge in [-0.3, -0.25) is 9.59 Å². The van der Waals surface area contributed by atoms with Gasteiger partial charge in [-0.1, -0.05) is 26.8 Å². The monoisotopic (exact) mass is 341 g/mol. The van der Waals surface area contributed by atoms with E-state index in [4.69, 9.17) is 10.00 Å². The summed E-state index contributed by atoms with van der Waals surface area (Å²) < 4.78 is 5.28. The lowest BCUT2D eigenvalue weighted by molar-refractivity contribution is 0.359. The Morgan fingerprint density at radius 2 is 1.84 bits per heavy atom. The van der Waals surface area contributed by atoms with E-state index in [0.29, 0.717) is 29.2 Å². The summed E-state index contributed by atoms with van der Waals surface area (Å²) in [7, 11) is 1.52. The van der Waals surface area contributed by atoms with Crippen LogP contribution in [0, 0.1) is 16.7 Å². The second-order valence-corrected chi connectivity index (χ2v) is 7.13. The van der Waals surface area contributed by atoms with Crippen LogP contribution < -0.4 is 26.2 Å². The third-order valence-electron chi connectivity index (χ3n) is 4.44. The molecule has 0 saturated heterocycles. The molecule has 1 unspecified atom stereocenters. The first-order valence-electron chi connectivity index (χ1n) is 8.09. The number of benzene rings is 1. The Labute approximate surface area is 147 Å². The summed E-state index contributed by atoms with van der Waals surface area (Å²) in [6, 6.07) is 7.17. The fraction of sp³-hybridized carbons (Fsp3) is 0.421. The van der Waals surface area contributed by atoms with Gasteiger partial charge in [-0.05, 0) is 24.5 Å². The van der Waals surface area contributed by atoms with Gasteiger partial charge in [0.2, 0.25) is 0 Å². The molecule has 0 aromatic heterocycles. The molecule has 0 fully saturated rings. The highest BCUT2D eigenvalue weighted by Crippen LogP contribution is 2.26. The van der Waals surface area contributed by atoms with Crippen molar-refractivity contribution in [3.63, 3.8) is 0 Å². The Balaban J connectivity index is 2.18. The average Bonchev–Trinajstić information content (AvgIpc) is 2.59. The van der Waals surface area contributed by atoms with E-state index in [9.17, 15) is 9.59 Å². The predicted octanol–water partition coefficient (Wildman–Crippen LogP) is 2.62. The number of hydrogen-bond donors (Lipinski definition) is 2. The van der Waals surface area contributed by atoms with Gasteiger partial charge in [-0.25, -0.2) is 0 Å². The van der Waals surface area contributed by atoms with Crippen LogP contribution in [0.3, 0.4) is 0 Å². The molecule has 0 bridgehead atoms. The summed E-state index contributed by atoms with van der Waals surface area (Å²) in [5.41, 5.74) is 0.863. The first-order valence-corrected chi connectivity index (χ1v) is 8.09. The number of ether oxygens (including phenoxy) is 1. The molecule has 132 valence electrons. The maximum atomic E-state index is 11.9. The van der Waals surface area contributed by atoms with E-state index in [0.717, 1.165) is 5.56 Å². The lowest BCUT2D eigenvalue weighted by atomic mass is 9.87. The van der Waals surface area contributed by atoms with Crippen LogP contribution in [0.2, 0.25) is 0 Å². The van der Waals surface area contributed by atoms with Crippen molar-refractivity contribution in [1.82, 2.24) is 0 Å². The molecule has 0 aliphatic carbocycles. The lowest BCUT2D eigenvalue weighted by Gasteiger charge is -2.30. The molecule has 0 aliphatic heterocycles. The molecule has 0 radical (unpaired) electrons. The highest BCUT2D eigenvalue weighted by molar-refractivity contribution is 5.74. The first-order chi connectivity index (χ1) is 11.7. The van der Waals surface area contributed by atoms with Crippen molar-refractivity contribution in [2.24, 2.45) is 5.41 Å². The molecule has 2 rings (SSSR count). The van der Waals surface area contributed by atoms with Gasteiger partial charge in [-0.2, -0.15) is 5.26 Å². The van der Waals surface area contributed by atoms with Crippen LogP contribution in [0.25, 0.3) is 0 Å². The lowest BCUT2D eigenvalue weighted by Crippen LogP contribution is -2.41. The minimum atomic E-state index is -0.517. The Morgan fingerprint density at radius 1 is 1.20 bits per heavy atom. The van der Waals surface area contributed by atoms with E-state index in [1.54, 1.807) is 18.2 Å². The highest BCUT2D eigenvalue weighted by Gasteiger charge is 2.26. The summed E-state index contributed by atoms with van der Waals surface area (Å²) in [6.45, 7) is 8.48. The Bertz CT molecular complexity index is 881. The van der Waals surface area contributed by atoms with Crippen LogP contribution in [0.4, 0.5) is 11.4 Å². The Hall–Kier alpha value is -2.81. The summed E-state index contributed by atoms with van der Waals surface area (Å²) in [5, 5.41) is 15.1. The molecule has 6 nitrogen and oxygen atoms in total. The molecule has 2 N–H and O–H groups in total. The maximum Gasteiger partial charge on any atom is 0.253 e. The third kappa shape index (κ3) is 3.82. The Kier molecular flexibility index (Phi) is 5.17. The summed E-state index contributed by atoms with van der Waals surface area (Å²) in [4.78, 5) is 23.8. The number of hydrogen-bond acceptors (Lipinski definition) is 6. The molecule has 0 amide bonds. The van der Waals surface area contributed by atoms with Crippen LogP contribution >= 0.6 is 0 Å². The van der Waals surface area contributed by atoms with Crippen molar-refractivity contribution in [3.05, 3.63) is 49.8 Å². The molecule has 2 aromatic rings. The quantitative estimate of drug-likeness (QED) is 0.785. The highest BCUT2D eigenvalue weighted by atomic mass is 16.5. The van der Waals surface area contributed by atoms with Crippen LogP contribution in [-0.2, 0) is 6.54 Å². The SMILES string of the molecule is COc1cc(C#N)ccc1CNc1c(NC(C)C(C)(C)C)c(=O)c1=O. The summed E-state index contributed by atoms with van der Waals surface area (Å²) in [6.07, 6.45) is 0. The zero-order valence-electron chi connectivity index (χ0n) is 15.2. The second kappa shape index (κ2) is 6.98. The van der Waals surface area contributed by atoms with E-state index in [1.807, 2.05) is 6.92 Å². The van der Waals surface area contributed by atoms with Crippen LogP contribution in [0.5, 0.6) is 5.75 Å². The minimum absolute atomic E-state index is 0.0285. The van der Waals surface area contributed by atoms with E-state index in [2.05, 4.69) is 37.5 Å². The molecular weight excluding hydrogens is 318 g/mol. The van der Waals surface area contributed by atoms with Gasteiger partial charge in [0.05, 0.1) is 18.7 Å². The maximum absolute atomic E-state index is 11.9. The number of methoxy groups -OCH3 is 1. The smallest absolute Gasteiger partial charge is 0.253 e. The molecular formula is C19H23N3O3. The topological polar surface area (TPSA) is 91.2 Å². The van der Waals surface area contributed by atoms with Crippen molar-refractivity contribution < 1.29 is 4.74 Å². The van der Waals surface area contributed by atoms with Gasteiger partial charge in [0.25, 0.3) is 10.9 Å². The first kappa shape index (κ1) is 18.5. The minimum Gasteiger partial charge on any atom is -0.496 e. The van der Waals surface area contributed by atoms with Gasteiger partial charge >= 0.3 is 0 Å². The number of nitrogens with one attached hydrogen (secondary N) is 2. The predicted molar refractivity (Wildman–Crippen MR) is 98.9 cm³/mol. The van der Waals surface area contributed by atoms with Crippen LogP contribution in [-0.4, -0.2) is 13.2 Å². The number of nitrogens with zero attached hydrogens (tertiary/aromatic N) is 1. The molecule has 0 spiro atoms. The number of nitriles is 1. The molecule has 0 heterocycles. The van der Waals surface area contributed by atoms with Gasteiger partial charge in [0.15, 0.2) is 0 Å². The van der Waals surface area contributed by atoms with Crippen LogP contribution in [0.1, 0.15) is 38.8 Å². The van der Waals surface area contributed by atoms with E-state index in [1.165, 1.54) is 7.11 Å². The van der Waals surface area contributed by atoms with Crippen molar-refractivity contribution in [1.29, 1.82) is 5.26 Å². The number of rotatable bonds is 6. The summed E-state index contributed by atoms with van der Waals surface area (Å²) >= 11 is 0. The molecule has 25 heavy (non-hydrogen) atoms. The summed E-state index contributed by atoms with van der Waals surface area (Å²) in [5.74, 6) is 0.558. The second-order valence-electron chi connectivity index (χ2n) is 7.13. The van der Waals surface area contributed by atoms with E-state index < -0.39 is 10.9 Å². The van der Waals surface area contributed by atoms with Gasteiger partial charge < -0.3 is 15.4 Å². The van der Waals surface area contributed by atoms with Crippen molar-refractivity contribution >= 4 is 11.4 Å². The standard InChI is InChI=1S/C19H23N3O3/c1-11(19(2,3)4)22-16-15(17(23)18(16)24)21-10-13-7-6-12(9-20)8-14(13)25-5/h6-8,11,21-22H,10H2,1-5H3. The molecule has 1 atom stereocenters. The van der Waals surface area contributed by atoms with Gasteiger partial charge in [-0.15, -0.1) is 0 Å².